The van der Waals surface area contributed by atoms with Crippen molar-refractivity contribution in [2.45, 2.75) is 15.8 Å². The molecule has 3 rings (SSSR count). The Hall–Kier alpha value is -2.23. The highest BCUT2D eigenvalue weighted by atomic mass is 32.2. The Morgan fingerprint density at radius 3 is 2.30 bits per heavy atom. The highest BCUT2D eigenvalue weighted by Gasteiger charge is 2.14. The molecule has 0 amide bonds. The third kappa shape index (κ3) is 3.95. The molecule has 0 aliphatic rings. The highest BCUT2D eigenvalue weighted by Crippen LogP contribution is 2.26. The first-order valence-corrected chi connectivity index (χ1v) is 9.03. The zero-order valence-corrected chi connectivity index (χ0v) is 13.9. The molecular weight excluding hydrogens is 324 g/mol. The number of benzene rings is 2. The molecule has 0 unspecified atom stereocenters. The number of hydrogen-bond acceptors (Lipinski definition) is 5. The minimum Gasteiger partial charge on any atom is -0.273 e. The molecule has 4 nitrogen and oxygen atoms in total. The van der Waals surface area contributed by atoms with Crippen LogP contribution in [-0.4, -0.2) is 20.5 Å². The van der Waals surface area contributed by atoms with Gasteiger partial charge < -0.3 is 0 Å². The Bertz CT molecular complexity index is 794. The van der Waals surface area contributed by atoms with Crippen molar-refractivity contribution in [2.75, 3.05) is 5.75 Å². The molecule has 1 aromatic heterocycles. The molecule has 0 atom stereocenters. The fourth-order valence-corrected chi connectivity index (χ4v) is 3.55. The molecule has 6 heteroatoms. The van der Waals surface area contributed by atoms with Gasteiger partial charge in [0.15, 0.2) is 5.16 Å². The van der Waals surface area contributed by atoms with Crippen molar-refractivity contribution in [3.05, 3.63) is 66.5 Å². The van der Waals surface area contributed by atoms with Gasteiger partial charge in [0.05, 0.1) is 17.6 Å². The molecule has 3 aromatic rings. The van der Waals surface area contributed by atoms with Crippen molar-refractivity contribution in [1.29, 1.82) is 5.26 Å². The van der Waals surface area contributed by atoms with Gasteiger partial charge in [0, 0.05) is 10.6 Å². The molecule has 0 saturated carbocycles. The average Bonchev–Trinajstić information content (AvgIpc) is 3.02. The van der Waals surface area contributed by atoms with Gasteiger partial charge in [-0.25, -0.2) is 0 Å². The topological polar surface area (TPSA) is 54.5 Å². The Kier molecular flexibility index (Phi) is 5.35. The number of rotatable bonds is 6. The van der Waals surface area contributed by atoms with Crippen LogP contribution >= 0.6 is 23.5 Å². The number of nitriles is 1. The van der Waals surface area contributed by atoms with Crippen LogP contribution in [0.5, 0.6) is 0 Å². The van der Waals surface area contributed by atoms with Crippen LogP contribution in [0.4, 0.5) is 0 Å². The lowest BCUT2D eigenvalue weighted by Gasteiger charge is -2.09. The van der Waals surface area contributed by atoms with Gasteiger partial charge in [-0.1, -0.05) is 48.2 Å². The van der Waals surface area contributed by atoms with E-state index in [0.717, 1.165) is 22.4 Å². The summed E-state index contributed by atoms with van der Waals surface area (Å²) in [7, 11) is 0. The second kappa shape index (κ2) is 7.86. The lowest BCUT2D eigenvalue weighted by molar-refractivity contribution is 0.866. The molecule has 1 heterocycles. The third-order valence-corrected chi connectivity index (χ3v) is 4.90. The van der Waals surface area contributed by atoms with Crippen LogP contribution in [-0.2, 0) is 5.75 Å². The summed E-state index contributed by atoms with van der Waals surface area (Å²) in [4.78, 5) is 1.20. The molecule has 114 valence electrons. The van der Waals surface area contributed by atoms with Crippen molar-refractivity contribution in [3.63, 3.8) is 0 Å². The van der Waals surface area contributed by atoms with Crippen molar-refractivity contribution in [2.24, 2.45) is 0 Å². The number of para-hydroxylation sites is 1. The predicted octanol–water partition coefficient (Wildman–Crippen LogP) is 4.18. The van der Waals surface area contributed by atoms with Crippen molar-refractivity contribution < 1.29 is 0 Å². The van der Waals surface area contributed by atoms with Crippen molar-refractivity contribution in [3.8, 4) is 11.8 Å². The van der Waals surface area contributed by atoms with E-state index in [9.17, 15) is 0 Å². The van der Waals surface area contributed by atoms with E-state index in [-0.39, 0.29) is 0 Å². The summed E-state index contributed by atoms with van der Waals surface area (Å²) in [6.45, 7) is 0. The molecule has 0 spiro atoms. The Morgan fingerprint density at radius 2 is 1.61 bits per heavy atom. The molecule has 0 bridgehead atoms. The van der Waals surface area contributed by atoms with Crippen LogP contribution in [0.3, 0.4) is 0 Å². The summed E-state index contributed by atoms with van der Waals surface area (Å²) in [5, 5.41) is 18.1. The largest absolute Gasteiger partial charge is 0.273 e. The summed E-state index contributed by atoms with van der Waals surface area (Å²) < 4.78 is 2.03. The molecule has 2 aromatic carbocycles. The van der Waals surface area contributed by atoms with E-state index in [1.807, 2.05) is 53.1 Å². The van der Waals surface area contributed by atoms with Gasteiger partial charge in [0.2, 0.25) is 0 Å². The Morgan fingerprint density at radius 1 is 0.913 bits per heavy atom. The van der Waals surface area contributed by atoms with E-state index in [1.165, 1.54) is 16.7 Å². The molecule has 0 radical (unpaired) electrons. The highest BCUT2D eigenvalue weighted by molar-refractivity contribution is 7.99. The summed E-state index contributed by atoms with van der Waals surface area (Å²) in [5.74, 6) is 1.96. The second-order valence-corrected chi connectivity index (χ2v) is 6.61. The monoisotopic (exact) mass is 338 g/mol. The van der Waals surface area contributed by atoms with E-state index in [1.54, 1.807) is 11.8 Å². The number of hydrogen-bond donors (Lipinski definition) is 0. The summed E-state index contributed by atoms with van der Waals surface area (Å²) >= 11 is 3.13. The van der Waals surface area contributed by atoms with Gasteiger partial charge in [0.25, 0.3) is 0 Å². The molecule has 0 aliphatic heterocycles. The summed E-state index contributed by atoms with van der Waals surface area (Å²) in [5.41, 5.74) is 1.02. The normalized spacial score (nSPS) is 10.4. The lowest BCUT2D eigenvalue weighted by atomic mass is 10.3. The minimum absolute atomic E-state index is 0.358. The maximum absolute atomic E-state index is 8.82. The molecule has 0 saturated heterocycles. The average molecular weight is 338 g/mol. The van der Waals surface area contributed by atoms with Gasteiger partial charge >= 0.3 is 0 Å². The van der Waals surface area contributed by atoms with Gasteiger partial charge in [0.1, 0.15) is 5.82 Å². The molecule has 23 heavy (non-hydrogen) atoms. The standard InChI is InChI=1S/C17H14N4S2/c18-11-12-22-17-20-19-16(13-23-15-9-5-2-6-10-15)21(17)14-7-3-1-4-8-14/h1-10H,12-13H2. The first-order valence-electron chi connectivity index (χ1n) is 7.06. The van der Waals surface area contributed by atoms with Gasteiger partial charge in [-0.3, -0.25) is 4.57 Å². The first-order chi connectivity index (χ1) is 11.4. The summed E-state index contributed by atoms with van der Waals surface area (Å²) in [6, 6.07) is 22.4. The van der Waals surface area contributed by atoms with E-state index >= 15 is 0 Å². The van der Waals surface area contributed by atoms with Crippen LogP contribution < -0.4 is 0 Å². The van der Waals surface area contributed by atoms with E-state index < -0.39 is 0 Å². The molecule has 0 aliphatic carbocycles. The summed E-state index contributed by atoms with van der Waals surface area (Å²) in [6.07, 6.45) is 0. The smallest absolute Gasteiger partial charge is 0.196 e. The van der Waals surface area contributed by atoms with Crippen LogP contribution in [0.25, 0.3) is 5.69 Å². The van der Waals surface area contributed by atoms with Gasteiger partial charge in [-0.15, -0.1) is 22.0 Å². The van der Waals surface area contributed by atoms with Gasteiger partial charge in [-0.05, 0) is 24.3 Å². The lowest BCUT2D eigenvalue weighted by Crippen LogP contribution is -2.01. The maximum atomic E-state index is 8.82. The van der Waals surface area contributed by atoms with Crippen LogP contribution in [0, 0.1) is 11.3 Å². The van der Waals surface area contributed by atoms with E-state index in [2.05, 4.69) is 28.4 Å². The number of nitrogens with zero attached hydrogens (tertiary/aromatic N) is 4. The molecular formula is C17H14N4S2. The minimum atomic E-state index is 0.358. The fourth-order valence-electron chi connectivity index (χ4n) is 2.09. The Labute approximate surface area is 143 Å². The number of thioether (sulfide) groups is 2. The van der Waals surface area contributed by atoms with E-state index in [4.69, 9.17) is 5.26 Å². The molecule has 0 N–H and O–H groups in total. The molecule has 0 fully saturated rings. The predicted molar refractivity (Wildman–Crippen MR) is 93.7 cm³/mol. The second-order valence-electron chi connectivity index (χ2n) is 4.62. The Balaban J connectivity index is 1.87. The fraction of sp³-hybridized carbons (Fsp3) is 0.118. The van der Waals surface area contributed by atoms with Crippen LogP contribution in [0.15, 0.2) is 70.7 Å². The van der Waals surface area contributed by atoms with E-state index in [0.29, 0.717) is 5.75 Å². The first kappa shape index (κ1) is 15.7. The third-order valence-electron chi connectivity index (χ3n) is 3.09. The van der Waals surface area contributed by atoms with Crippen molar-refractivity contribution in [1.82, 2.24) is 14.8 Å². The van der Waals surface area contributed by atoms with Crippen molar-refractivity contribution >= 4 is 23.5 Å². The maximum Gasteiger partial charge on any atom is 0.196 e. The number of aromatic nitrogens is 3. The van der Waals surface area contributed by atoms with Gasteiger partial charge in [-0.2, -0.15) is 5.26 Å². The SMILES string of the molecule is N#CCSc1nnc(CSc2ccccc2)n1-c1ccccc1. The zero-order chi connectivity index (χ0) is 15.9. The zero-order valence-electron chi connectivity index (χ0n) is 12.3. The van der Waals surface area contributed by atoms with Crippen LogP contribution in [0.1, 0.15) is 5.82 Å². The quantitative estimate of drug-likeness (QED) is 0.631. The van der Waals surface area contributed by atoms with Crippen LogP contribution in [0.2, 0.25) is 0 Å².